The number of amides is 1. The van der Waals surface area contributed by atoms with Crippen LogP contribution < -0.4 is 10.6 Å². The van der Waals surface area contributed by atoms with Gasteiger partial charge in [-0.2, -0.15) is 0 Å². The van der Waals surface area contributed by atoms with Crippen molar-refractivity contribution in [2.24, 2.45) is 5.92 Å². The summed E-state index contributed by atoms with van der Waals surface area (Å²) in [5, 5.41) is 9.34. The first-order chi connectivity index (χ1) is 11.6. The van der Waals surface area contributed by atoms with Gasteiger partial charge in [-0.25, -0.2) is 9.37 Å². The number of halogens is 3. The average Bonchev–Trinajstić information content (AvgIpc) is 2.99. The number of hydrogen-bond donors (Lipinski definition) is 2. The number of benzene rings is 1. The second kappa shape index (κ2) is 10.8. The number of rotatable bonds is 5. The van der Waals surface area contributed by atoms with Crippen molar-refractivity contribution >= 4 is 42.1 Å². The molecular formula is C18H24Cl2FN3OS. The normalized spacial score (nSPS) is 19.2. The van der Waals surface area contributed by atoms with Crippen molar-refractivity contribution in [3.05, 3.63) is 51.7 Å². The summed E-state index contributed by atoms with van der Waals surface area (Å²) in [6.07, 6.45) is 1.95. The van der Waals surface area contributed by atoms with Gasteiger partial charge >= 0.3 is 0 Å². The Kier molecular flexibility index (Phi) is 9.50. The molecule has 0 aliphatic carbocycles. The van der Waals surface area contributed by atoms with E-state index < -0.39 is 0 Å². The highest BCUT2D eigenvalue weighted by Gasteiger charge is 2.22. The molecule has 4 nitrogen and oxygen atoms in total. The van der Waals surface area contributed by atoms with Crippen molar-refractivity contribution in [2.75, 3.05) is 13.1 Å². The quantitative estimate of drug-likeness (QED) is 0.780. The van der Waals surface area contributed by atoms with Gasteiger partial charge in [0.1, 0.15) is 5.82 Å². The van der Waals surface area contributed by atoms with Crippen LogP contribution in [0.4, 0.5) is 4.39 Å². The van der Waals surface area contributed by atoms with Gasteiger partial charge in [0.25, 0.3) is 0 Å². The summed E-state index contributed by atoms with van der Waals surface area (Å²) in [5.41, 5.74) is 1.82. The maximum atomic E-state index is 12.9. The van der Waals surface area contributed by atoms with Crippen LogP contribution in [0.5, 0.6) is 0 Å². The van der Waals surface area contributed by atoms with Gasteiger partial charge in [0.2, 0.25) is 5.91 Å². The number of thiazole rings is 1. The first kappa shape index (κ1) is 22.8. The molecule has 1 saturated heterocycles. The Morgan fingerprint density at radius 1 is 1.35 bits per heavy atom. The molecule has 1 amide bonds. The molecule has 144 valence electrons. The van der Waals surface area contributed by atoms with E-state index in [1.807, 2.05) is 5.38 Å². The smallest absolute Gasteiger partial charge is 0.226 e. The minimum absolute atomic E-state index is 0. The minimum Gasteiger partial charge on any atom is -0.353 e. The maximum absolute atomic E-state index is 12.9. The van der Waals surface area contributed by atoms with Gasteiger partial charge < -0.3 is 10.6 Å². The first-order valence-corrected chi connectivity index (χ1v) is 9.16. The zero-order valence-electron chi connectivity index (χ0n) is 14.5. The standard InChI is InChI=1S/C18H22FN3OS.2ClH/c1-12-10-20-7-6-16(12)22-17(23)9-15-11-24-18(21-15)8-13-2-4-14(19)5-3-13;;/h2-5,11-12,16,20H,6-10H2,1H3,(H,22,23);2*1H. The van der Waals surface area contributed by atoms with Crippen molar-refractivity contribution in [1.29, 1.82) is 0 Å². The number of nitrogens with one attached hydrogen (secondary N) is 2. The second-order valence-electron chi connectivity index (χ2n) is 6.36. The van der Waals surface area contributed by atoms with Gasteiger partial charge in [-0.3, -0.25) is 4.79 Å². The highest BCUT2D eigenvalue weighted by atomic mass is 35.5. The summed E-state index contributed by atoms with van der Waals surface area (Å²) in [4.78, 5) is 16.8. The summed E-state index contributed by atoms with van der Waals surface area (Å²) >= 11 is 1.54. The van der Waals surface area contributed by atoms with Crippen molar-refractivity contribution < 1.29 is 9.18 Å². The molecule has 1 fully saturated rings. The molecule has 1 aliphatic heterocycles. The highest BCUT2D eigenvalue weighted by molar-refractivity contribution is 7.09. The Balaban J connectivity index is 0.00000169. The molecule has 2 unspecified atom stereocenters. The lowest BCUT2D eigenvalue weighted by Gasteiger charge is -2.30. The molecule has 2 aromatic rings. The molecule has 3 rings (SSSR count). The summed E-state index contributed by atoms with van der Waals surface area (Å²) in [5.74, 6) is 0.252. The van der Waals surface area contributed by atoms with Crippen LogP contribution in [0.3, 0.4) is 0 Å². The average molecular weight is 420 g/mol. The molecule has 1 aromatic carbocycles. The van der Waals surface area contributed by atoms with Gasteiger partial charge in [-0.15, -0.1) is 36.2 Å². The fourth-order valence-corrected chi connectivity index (χ4v) is 3.77. The molecule has 2 atom stereocenters. The highest BCUT2D eigenvalue weighted by Crippen LogP contribution is 2.16. The lowest BCUT2D eigenvalue weighted by Crippen LogP contribution is -2.48. The van der Waals surface area contributed by atoms with E-state index in [1.54, 1.807) is 23.5 Å². The van der Waals surface area contributed by atoms with E-state index in [0.29, 0.717) is 18.8 Å². The summed E-state index contributed by atoms with van der Waals surface area (Å²) in [6.45, 7) is 4.05. The van der Waals surface area contributed by atoms with Crippen LogP contribution in [-0.4, -0.2) is 30.0 Å². The van der Waals surface area contributed by atoms with Crippen molar-refractivity contribution in [1.82, 2.24) is 15.6 Å². The molecule has 8 heteroatoms. The second-order valence-corrected chi connectivity index (χ2v) is 7.30. The third-order valence-corrected chi connectivity index (χ3v) is 5.24. The van der Waals surface area contributed by atoms with Gasteiger partial charge in [0.15, 0.2) is 0 Å². The lowest BCUT2D eigenvalue weighted by atomic mass is 9.95. The van der Waals surface area contributed by atoms with E-state index >= 15 is 0 Å². The largest absolute Gasteiger partial charge is 0.353 e. The molecule has 0 spiro atoms. The predicted molar refractivity (Wildman–Crippen MR) is 108 cm³/mol. The number of carbonyl (C=O) groups excluding carboxylic acids is 1. The monoisotopic (exact) mass is 419 g/mol. The molecule has 1 aromatic heterocycles. The number of aromatic nitrogens is 1. The van der Waals surface area contributed by atoms with Crippen LogP contribution in [0.2, 0.25) is 0 Å². The van der Waals surface area contributed by atoms with E-state index in [0.717, 1.165) is 35.8 Å². The van der Waals surface area contributed by atoms with Gasteiger partial charge in [0, 0.05) is 17.8 Å². The van der Waals surface area contributed by atoms with Crippen LogP contribution in [0.25, 0.3) is 0 Å². The molecule has 0 radical (unpaired) electrons. The fourth-order valence-electron chi connectivity index (χ4n) is 2.94. The van der Waals surface area contributed by atoms with Gasteiger partial charge in [0.05, 0.1) is 17.1 Å². The summed E-state index contributed by atoms with van der Waals surface area (Å²) < 4.78 is 12.9. The molecule has 2 N–H and O–H groups in total. The molecule has 1 aliphatic rings. The molecule has 2 heterocycles. The summed E-state index contributed by atoms with van der Waals surface area (Å²) in [7, 11) is 0. The number of piperidine rings is 1. The fraction of sp³-hybridized carbons (Fsp3) is 0.444. The van der Waals surface area contributed by atoms with Crippen LogP contribution in [0, 0.1) is 11.7 Å². The Bertz CT molecular complexity index is 696. The molecule has 0 bridgehead atoms. The van der Waals surface area contributed by atoms with Crippen LogP contribution in [0.1, 0.15) is 29.6 Å². The van der Waals surface area contributed by atoms with Crippen LogP contribution >= 0.6 is 36.2 Å². The van der Waals surface area contributed by atoms with Gasteiger partial charge in [-0.1, -0.05) is 19.1 Å². The Morgan fingerprint density at radius 2 is 2.08 bits per heavy atom. The lowest BCUT2D eigenvalue weighted by molar-refractivity contribution is -0.121. The maximum Gasteiger partial charge on any atom is 0.226 e. The van der Waals surface area contributed by atoms with E-state index in [1.165, 1.54) is 12.1 Å². The predicted octanol–water partition coefficient (Wildman–Crippen LogP) is 3.37. The van der Waals surface area contributed by atoms with Crippen molar-refractivity contribution in [3.63, 3.8) is 0 Å². The zero-order chi connectivity index (χ0) is 16.9. The Labute approximate surface area is 169 Å². The van der Waals surface area contributed by atoms with E-state index in [2.05, 4.69) is 22.5 Å². The first-order valence-electron chi connectivity index (χ1n) is 8.28. The van der Waals surface area contributed by atoms with Crippen molar-refractivity contribution in [2.45, 2.75) is 32.2 Å². The zero-order valence-corrected chi connectivity index (χ0v) is 17.0. The van der Waals surface area contributed by atoms with Gasteiger partial charge in [-0.05, 0) is 43.1 Å². The molecule has 0 saturated carbocycles. The Hall–Kier alpha value is -1.21. The number of hydrogen-bond acceptors (Lipinski definition) is 4. The molecule has 26 heavy (non-hydrogen) atoms. The Morgan fingerprint density at radius 3 is 2.77 bits per heavy atom. The third kappa shape index (κ3) is 6.50. The van der Waals surface area contributed by atoms with Crippen molar-refractivity contribution in [3.8, 4) is 0 Å². The molecular weight excluding hydrogens is 396 g/mol. The topological polar surface area (TPSA) is 54.0 Å². The third-order valence-electron chi connectivity index (χ3n) is 4.34. The van der Waals surface area contributed by atoms with Crippen LogP contribution in [0.15, 0.2) is 29.6 Å². The van der Waals surface area contributed by atoms with E-state index in [-0.39, 0.29) is 42.6 Å². The number of nitrogens with zero attached hydrogens (tertiary/aromatic N) is 1. The number of carbonyl (C=O) groups is 1. The minimum atomic E-state index is -0.234. The van der Waals surface area contributed by atoms with E-state index in [4.69, 9.17) is 0 Å². The summed E-state index contributed by atoms with van der Waals surface area (Å²) in [6, 6.07) is 6.69. The SMILES string of the molecule is CC1CNCCC1NC(=O)Cc1csc(Cc2ccc(F)cc2)n1.Cl.Cl. The van der Waals surface area contributed by atoms with Crippen LogP contribution in [-0.2, 0) is 17.6 Å². The van der Waals surface area contributed by atoms with E-state index in [9.17, 15) is 9.18 Å².